The van der Waals surface area contributed by atoms with Gasteiger partial charge in [-0.1, -0.05) is 36.4 Å². The highest BCUT2D eigenvalue weighted by molar-refractivity contribution is 5.86. The predicted octanol–water partition coefficient (Wildman–Crippen LogP) is 2.17. The van der Waals surface area contributed by atoms with Crippen molar-refractivity contribution < 1.29 is 9.90 Å². The van der Waals surface area contributed by atoms with E-state index in [1.165, 1.54) is 6.08 Å². The van der Waals surface area contributed by atoms with Crippen LogP contribution in [0.25, 0.3) is 0 Å². The minimum Gasteiger partial charge on any atom is -0.379 e. The summed E-state index contributed by atoms with van der Waals surface area (Å²) < 4.78 is 0. The summed E-state index contributed by atoms with van der Waals surface area (Å²) in [5, 5.41) is 20.5. The van der Waals surface area contributed by atoms with Gasteiger partial charge in [0.1, 0.15) is 5.60 Å². The Kier molecular flexibility index (Phi) is 3.97. The standard InChI is InChI=1S/C17H18N2O2/c1-13(11-15(19)20)7-8-17(21,16(12-18)9-10-16)14-5-3-2-4-6-14/h2-8,11,21H,9-10H2,1H3,(H2,19,20)/b8-7+,13-11-/t17-/m0/s1. The minimum absolute atomic E-state index is 0.540. The molecule has 0 spiro atoms. The van der Waals surface area contributed by atoms with Crippen molar-refractivity contribution in [2.45, 2.75) is 25.4 Å². The molecule has 108 valence electrons. The number of nitriles is 1. The quantitative estimate of drug-likeness (QED) is 0.641. The monoisotopic (exact) mass is 282 g/mol. The molecule has 0 bridgehead atoms. The van der Waals surface area contributed by atoms with E-state index in [2.05, 4.69) is 6.07 Å². The second-order valence-corrected chi connectivity index (χ2v) is 5.45. The van der Waals surface area contributed by atoms with Crippen molar-refractivity contribution in [2.75, 3.05) is 0 Å². The Morgan fingerprint density at radius 1 is 1.43 bits per heavy atom. The molecule has 1 amide bonds. The Labute approximate surface area is 124 Å². The zero-order chi connectivity index (χ0) is 15.5. The molecule has 1 fully saturated rings. The van der Waals surface area contributed by atoms with Gasteiger partial charge in [-0.25, -0.2) is 0 Å². The predicted molar refractivity (Wildman–Crippen MR) is 79.7 cm³/mol. The van der Waals surface area contributed by atoms with Crippen LogP contribution >= 0.6 is 0 Å². The van der Waals surface area contributed by atoms with Crippen LogP contribution in [0.2, 0.25) is 0 Å². The molecule has 1 aromatic carbocycles. The molecule has 0 saturated heterocycles. The van der Waals surface area contributed by atoms with Crippen molar-refractivity contribution in [3.8, 4) is 6.07 Å². The van der Waals surface area contributed by atoms with Crippen LogP contribution in [-0.2, 0) is 10.4 Å². The number of hydrogen-bond acceptors (Lipinski definition) is 3. The number of nitrogens with two attached hydrogens (primary N) is 1. The first kappa shape index (κ1) is 15.0. The van der Waals surface area contributed by atoms with Crippen LogP contribution in [0, 0.1) is 16.7 Å². The van der Waals surface area contributed by atoms with Gasteiger partial charge in [0.15, 0.2) is 0 Å². The summed E-state index contributed by atoms with van der Waals surface area (Å²) in [5.41, 5.74) is 4.25. The van der Waals surface area contributed by atoms with Crippen LogP contribution in [-0.4, -0.2) is 11.0 Å². The van der Waals surface area contributed by atoms with E-state index in [0.717, 1.165) is 0 Å². The minimum atomic E-state index is -1.37. The van der Waals surface area contributed by atoms with Gasteiger partial charge in [-0.15, -0.1) is 0 Å². The lowest BCUT2D eigenvalue weighted by Crippen LogP contribution is -2.34. The lowest BCUT2D eigenvalue weighted by Gasteiger charge is -2.30. The van der Waals surface area contributed by atoms with Crippen molar-refractivity contribution in [2.24, 2.45) is 11.1 Å². The summed E-state index contributed by atoms with van der Waals surface area (Å²) in [4.78, 5) is 10.9. The van der Waals surface area contributed by atoms with E-state index < -0.39 is 16.9 Å². The Balaban J connectivity index is 2.42. The summed E-state index contributed by atoms with van der Waals surface area (Å²) in [5.74, 6) is -0.540. The molecule has 4 nitrogen and oxygen atoms in total. The van der Waals surface area contributed by atoms with Crippen LogP contribution in [0.1, 0.15) is 25.3 Å². The Hall–Kier alpha value is -2.38. The lowest BCUT2D eigenvalue weighted by molar-refractivity contribution is -0.113. The van der Waals surface area contributed by atoms with Gasteiger partial charge in [0.25, 0.3) is 0 Å². The van der Waals surface area contributed by atoms with E-state index in [4.69, 9.17) is 5.73 Å². The highest BCUT2D eigenvalue weighted by atomic mass is 16.3. The summed E-state index contributed by atoms with van der Waals surface area (Å²) in [6.07, 6.45) is 5.81. The van der Waals surface area contributed by atoms with Gasteiger partial charge in [-0.3, -0.25) is 4.79 Å². The fourth-order valence-electron chi connectivity index (χ4n) is 2.45. The molecule has 3 N–H and O–H groups in total. The molecular formula is C17H18N2O2. The third kappa shape index (κ3) is 2.88. The van der Waals surface area contributed by atoms with Gasteiger partial charge >= 0.3 is 0 Å². The zero-order valence-electron chi connectivity index (χ0n) is 11.9. The molecule has 1 atom stereocenters. The van der Waals surface area contributed by atoms with E-state index in [0.29, 0.717) is 24.0 Å². The number of allylic oxidation sites excluding steroid dienone is 2. The van der Waals surface area contributed by atoms with E-state index >= 15 is 0 Å². The van der Waals surface area contributed by atoms with Crippen molar-refractivity contribution in [1.29, 1.82) is 5.26 Å². The molecule has 2 rings (SSSR count). The van der Waals surface area contributed by atoms with Gasteiger partial charge in [-0.2, -0.15) is 5.26 Å². The summed E-state index contributed by atoms with van der Waals surface area (Å²) >= 11 is 0. The zero-order valence-corrected chi connectivity index (χ0v) is 11.9. The van der Waals surface area contributed by atoms with Crippen LogP contribution in [0.3, 0.4) is 0 Å². The van der Waals surface area contributed by atoms with Gasteiger partial charge in [0, 0.05) is 6.08 Å². The number of carbonyl (C=O) groups is 1. The topological polar surface area (TPSA) is 87.1 Å². The molecule has 4 heteroatoms. The molecular weight excluding hydrogens is 264 g/mol. The van der Waals surface area contributed by atoms with Gasteiger partial charge in [0.2, 0.25) is 5.91 Å². The largest absolute Gasteiger partial charge is 0.379 e. The van der Waals surface area contributed by atoms with Crippen molar-refractivity contribution in [1.82, 2.24) is 0 Å². The number of carbonyl (C=O) groups excluding carboxylic acids is 1. The maximum absolute atomic E-state index is 11.1. The van der Waals surface area contributed by atoms with Gasteiger partial charge < -0.3 is 10.8 Å². The van der Waals surface area contributed by atoms with Crippen molar-refractivity contribution in [3.63, 3.8) is 0 Å². The van der Waals surface area contributed by atoms with Crippen LogP contribution in [0.4, 0.5) is 0 Å². The molecule has 0 unspecified atom stereocenters. The molecule has 0 radical (unpaired) electrons. The summed E-state index contributed by atoms with van der Waals surface area (Å²) in [6, 6.07) is 11.4. The van der Waals surface area contributed by atoms with E-state index in [-0.39, 0.29) is 0 Å². The number of amides is 1. The Morgan fingerprint density at radius 2 is 2.05 bits per heavy atom. The molecule has 0 heterocycles. The fraction of sp³-hybridized carbons (Fsp3) is 0.294. The second kappa shape index (κ2) is 5.55. The van der Waals surface area contributed by atoms with Crippen molar-refractivity contribution in [3.05, 3.63) is 59.7 Å². The van der Waals surface area contributed by atoms with Crippen molar-refractivity contribution >= 4 is 5.91 Å². The number of nitrogens with zero attached hydrogens (tertiary/aromatic N) is 1. The highest BCUT2D eigenvalue weighted by Crippen LogP contribution is 2.58. The first-order valence-electron chi connectivity index (χ1n) is 6.80. The first-order chi connectivity index (χ1) is 9.93. The van der Waals surface area contributed by atoms with Crippen LogP contribution in [0.5, 0.6) is 0 Å². The van der Waals surface area contributed by atoms with E-state index in [1.54, 1.807) is 31.2 Å². The SMILES string of the molecule is CC(=C/C(N)=O)/C=C/[C@](O)(c1ccccc1)C1(C#N)CC1. The first-order valence-corrected chi connectivity index (χ1v) is 6.80. The lowest BCUT2D eigenvalue weighted by atomic mass is 9.78. The smallest absolute Gasteiger partial charge is 0.241 e. The Bertz CT molecular complexity index is 637. The third-order valence-electron chi connectivity index (χ3n) is 3.86. The third-order valence-corrected chi connectivity index (χ3v) is 3.86. The highest BCUT2D eigenvalue weighted by Gasteiger charge is 2.59. The average Bonchev–Trinajstić information content (AvgIpc) is 3.26. The molecule has 0 aromatic heterocycles. The maximum Gasteiger partial charge on any atom is 0.241 e. The number of aliphatic hydroxyl groups is 1. The molecule has 1 aromatic rings. The fourth-order valence-corrected chi connectivity index (χ4v) is 2.45. The molecule has 21 heavy (non-hydrogen) atoms. The van der Waals surface area contributed by atoms with E-state index in [9.17, 15) is 15.2 Å². The average molecular weight is 282 g/mol. The summed E-state index contributed by atoms with van der Waals surface area (Å²) in [7, 11) is 0. The maximum atomic E-state index is 11.1. The van der Waals surface area contributed by atoms with Crippen LogP contribution in [0.15, 0.2) is 54.1 Å². The number of hydrogen-bond donors (Lipinski definition) is 2. The summed E-state index contributed by atoms with van der Waals surface area (Å²) in [6.45, 7) is 1.72. The number of rotatable bonds is 5. The van der Waals surface area contributed by atoms with Crippen LogP contribution < -0.4 is 5.73 Å². The normalized spacial score (nSPS) is 19.8. The molecule has 1 aliphatic rings. The van der Waals surface area contributed by atoms with E-state index in [1.807, 2.05) is 18.2 Å². The van der Waals surface area contributed by atoms with Gasteiger partial charge in [0.05, 0.1) is 11.5 Å². The number of benzene rings is 1. The number of primary amides is 1. The Morgan fingerprint density at radius 3 is 2.52 bits per heavy atom. The second-order valence-electron chi connectivity index (χ2n) is 5.45. The molecule has 1 aliphatic carbocycles. The molecule has 1 saturated carbocycles. The molecule has 0 aliphatic heterocycles. The van der Waals surface area contributed by atoms with Gasteiger partial charge in [-0.05, 0) is 37.0 Å².